The first-order valence-electron chi connectivity index (χ1n) is 4.31. The zero-order valence-corrected chi connectivity index (χ0v) is 9.77. The van der Waals surface area contributed by atoms with E-state index in [1.165, 1.54) is 6.08 Å². The van der Waals surface area contributed by atoms with Gasteiger partial charge in [-0.2, -0.15) is 0 Å². The van der Waals surface area contributed by atoms with Crippen LogP contribution in [0.5, 0.6) is 0 Å². The Bertz CT molecular complexity index is 255. The predicted octanol–water partition coefficient (Wildman–Crippen LogP) is 3.61. The molecule has 0 radical (unpaired) electrons. The molecule has 0 saturated heterocycles. The van der Waals surface area contributed by atoms with Gasteiger partial charge in [0.05, 0.1) is 5.92 Å². The summed E-state index contributed by atoms with van der Waals surface area (Å²) in [7, 11) is 0. The highest BCUT2D eigenvalue weighted by molar-refractivity contribution is 6.55. The summed E-state index contributed by atoms with van der Waals surface area (Å²) in [6.07, 6.45) is 2.04. The van der Waals surface area contributed by atoms with Crippen LogP contribution in [-0.4, -0.2) is 11.1 Å². The molecular formula is C10H14Cl2O2. The minimum atomic E-state index is -0.855. The average molecular weight is 237 g/mol. The van der Waals surface area contributed by atoms with Crippen molar-refractivity contribution in [2.45, 2.75) is 20.3 Å². The quantitative estimate of drug-likeness (QED) is 0.741. The van der Waals surface area contributed by atoms with E-state index in [1.807, 2.05) is 6.92 Å². The standard InChI is InChI=1S/C10H14Cl2O2/c1-4-7(10(13)14)8(6(2)3)5-9(11)12/h5,7-8H,2,4H2,1,3H3,(H,13,14). The first-order chi connectivity index (χ1) is 6.40. The molecule has 14 heavy (non-hydrogen) atoms. The van der Waals surface area contributed by atoms with Crippen molar-refractivity contribution in [2.24, 2.45) is 11.8 Å². The highest BCUT2D eigenvalue weighted by Crippen LogP contribution is 2.27. The largest absolute Gasteiger partial charge is 0.481 e. The second-order valence-corrected chi connectivity index (χ2v) is 4.19. The predicted molar refractivity (Wildman–Crippen MR) is 59.5 cm³/mol. The molecule has 4 heteroatoms. The van der Waals surface area contributed by atoms with E-state index in [1.54, 1.807) is 6.92 Å². The number of hydrogen-bond donors (Lipinski definition) is 1. The highest BCUT2D eigenvalue weighted by atomic mass is 35.5. The van der Waals surface area contributed by atoms with Crippen LogP contribution >= 0.6 is 23.2 Å². The smallest absolute Gasteiger partial charge is 0.307 e. The maximum absolute atomic E-state index is 10.9. The minimum Gasteiger partial charge on any atom is -0.481 e. The van der Waals surface area contributed by atoms with E-state index >= 15 is 0 Å². The average Bonchev–Trinajstić information content (AvgIpc) is 2.02. The number of hydrogen-bond acceptors (Lipinski definition) is 1. The van der Waals surface area contributed by atoms with E-state index in [4.69, 9.17) is 28.3 Å². The monoisotopic (exact) mass is 236 g/mol. The van der Waals surface area contributed by atoms with Crippen LogP contribution in [0.4, 0.5) is 0 Å². The van der Waals surface area contributed by atoms with E-state index in [0.717, 1.165) is 5.57 Å². The molecule has 0 aliphatic carbocycles. The number of allylic oxidation sites excluding steroid dienone is 2. The summed E-state index contributed by atoms with van der Waals surface area (Å²) < 4.78 is 0.0812. The third-order valence-corrected chi connectivity index (χ3v) is 2.32. The first-order valence-corrected chi connectivity index (χ1v) is 5.06. The maximum atomic E-state index is 10.9. The molecule has 2 atom stereocenters. The minimum absolute atomic E-state index is 0.0812. The Hall–Kier alpha value is -0.470. The van der Waals surface area contributed by atoms with Crippen LogP contribution in [-0.2, 0) is 4.79 Å². The molecular weight excluding hydrogens is 223 g/mol. The molecule has 0 heterocycles. The Balaban J connectivity index is 4.88. The van der Waals surface area contributed by atoms with Crippen molar-refractivity contribution in [1.29, 1.82) is 0 Å². The van der Waals surface area contributed by atoms with Crippen LogP contribution in [0.25, 0.3) is 0 Å². The van der Waals surface area contributed by atoms with Crippen molar-refractivity contribution in [3.63, 3.8) is 0 Å². The number of carboxylic acids is 1. The summed E-state index contributed by atoms with van der Waals surface area (Å²) in [5, 5.41) is 8.95. The Morgan fingerprint density at radius 2 is 2.07 bits per heavy atom. The number of carboxylic acid groups (broad SMARTS) is 1. The van der Waals surface area contributed by atoms with Crippen molar-refractivity contribution in [1.82, 2.24) is 0 Å². The lowest BCUT2D eigenvalue weighted by molar-refractivity contribution is -0.142. The van der Waals surface area contributed by atoms with Gasteiger partial charge < -0.3 is 5.11 Å². The molecule has 0 saturated carbocycles. The van der Waals surface area contributed by atoms with Crippen molar-refractivity contribution in [3.8, 4) is 0 Å². The van der Waals surface area contributed by atoms with Crippen molar-refractivity contribution in [2.75, 3.05) is 0 Å². The summed E-state index contributed by atoms with van der Waals surface area (Å²) in [5.74, 6) is -1.67. The van der Waals surface area contributed by atoms with Crippen molar-refractivity contribution < 1.29 is 9.90 Å². The molecule has 0 aromatic rings. The Kier molecular flexibility index (Phi) is 5.89. The van der Waals surface area contributed by atoms with E-state index in [0.29, 0.717) is 6.42 Å². The van der Waals surface area contributed by atoms with Crippen molar-refractivity contribution >= 4 is 29.2 Å². The molecule has 0 aliphatic rings. The lowest BCUT2D eigenvalue weighted by atomic mass is 9.85. The van der Waals surface area contributed by atoms with Crippen LogP contribution in [0, 0.1) is 11.8 Å². The highest BCUT2D eigenvalue weighted by Gasteiger charge is 2.25. The third-order valence-electron chi connectivity index (χ3n) is 2.07. The van der Waals surface area contributed by atoms with Gasteiger partial charge in [0.15, 0.2) is 0 Å². The molecule has 0 spiro atoms. The molecule has 0 aliphatic heterocycles. The molecule has 0 fully saturated rings. The van der Waals surface area contributed by atoms with Gasteiger partial charge in [-0.3, -0.25) is 4.79 Å². The molecule has 1 N–H and O–H groups in total. The summed E-state index contributed by atoms with van der Waals surface area (Å²) in [6.45, 7) is 7.31. The van der Waals surface area contributed by atoms with Gasteiger partial charge in [-0.15, -0.1) is 0 Å². The van der Waals surface area contributed by atoms with Crippen LogP contribution in [0.3, 0.4) is 0 Å². The fourth-order valence-electron chi connectivity index (χ4n) is 1.32. The van der Waals surface area contributed by atoms with Gasteiger partial charge in [-0.25, -0.2) is 0 Å². The SMILES string of the molecule is C=C(C)C(C=C(Cl)Cl)C(CC)C(=O)O. The number of halogens is 2. The van der Waals surface area contributed by atoms with Crippen molar-refractivity contribution in [3.05, 3.63) is 22.7 Å². The second-order valence-electron chi connectivity index (χ2n) is 3.18. The van der Waals surface area contributed by atoms with Crippen LogP contribution < -0.4 is 0 Å². The fraction of sp³-hybridized carbons (Fsp3) is 0.500. The van der Waals surface area contributed by atoms with E-state index in [9.17, 15) is 4.79 Å². The van der Waals surface area contributed by atoms with E-state index in [2.05, 4.69) is 6.58 Å². The van der Waals surface area contributed by atoms with Gasteiger partial charge in [0, 0.05) is 5.92 Å². The topological polar surface area (TPSA) is 37.3 Å². The van der Waals surface area contributed by atoms with E-state index < -0.39 is 11.9 Å². The van der Waals surface area contributed by atoms with Crippen LogP contribution in [0.1, 0.15) is 20.3 Å². The normalized spacial score (nSPS) is 14.3. The third kappa shape index (κ3) is 4.16. The second kappa shape index (κ2) is 6.10. The molecule has 80 valence electrons. The number of aliphatic carboxylic acids is 1. The lowest BCUT2D eigenvalue weighted by Gasteiger charge is -2.19. The molecule has 0 bridgehead atoms. The van der Waals surface area contributed by atoms with Gasteiger partial charge in [-0.1, -0.05) is 42.3 Å². The zero-order valence-electron chi connectivity index (χ0n) is 8.26. The lowest BCUT2D eigenvalue weighted by Crippen LogP contribution is -2.22. The molecule has 0 aromatic heterocycles. The van der Waals surface area contributed by atoms with Crippen LogP contribution in [0.15, 0.2) is 22.7 Å². The number of rotatable bonds is 5. The molecule has 0 rings (SSSR count). The Morgan fingerprint density at radius 1 is 1.57 bits per heavy atom. The number of carbonyl (C=O) groups is 1. The zero-order chi connectivity index (χ0) is 11.3. The van der Waals surface area contributed by atoms with Gasteiger partial charge in [0.25, 0.3) is 0 Å². The first kappa shape index (κ1) is 13.5. The summed E-state index contributed by atoms with van der Waals surface area (Å²) >= 11 is 11.0. The van der Waals surface area contributed by atoms with Crippen LogP contribution in [0.2, 0.25) is 0 Å². The summed E-state index contributed by atoms with van der Waals surface area (Å²) in [6, 6.07) is 0. The summed E-state index contributed by atoms with van der Waals surface area (Å²) in [5.41, 5.74) is 0.748. The molecule has 2 unspecified atom stereocenters. The molecule has 2 nitrogen and oxygen atoms in total. The maximum Gasteiger partial charge on any atom is 0.307 e. The van der Waals surface area contributed by atoms with Gasteiger partial charge in [0.1, 0.15) is 4.49 Å². The van der Waals surface area contributed by atoms with Gasteiger partial charge in [-0.05, 0) is 19.4 Å². The van der Waals surface area contributed by atoms with Gasteiger partial charge >= 0.3 is 5.97 Å². The fourth-order valence-corrected chi connectivity index (χ4v) is 1.59. The molecule has 0 amide bonds. The van der Waals surface area contributed by atoms with E-state index in [-0.39, 0.29) is 10.4 Å². The summed E-state index contributed by atoms with van der Waals surface area (Å²) in [4.78, 5) is 10.9. The Labute approximate surface area is 94.2 Å². The molecule has 0 aromatic carbocycles. The van der Waals surface area contributed by atoms with Gasteiger partial charge in [0.2, 0.25) is 0 Å². The Morgan fingerprint density at radius 3 is 2.29 bits per heavy atom.